The Hall–Kier alpha value is -1.59. The quantitative estimate of drug-likeness (QED) is 0.748. The van der Waals surface area contributed by atoms with Crippen LogP contribution in [-0.2, 0) is 15.2 Å². The maximum Gasteiger partial charge on any atom is 0.227 e. The van der Waals surface area contributed by atoms with Gasteiger partial charge in [0.25, 0.3) is 0 Å². The van der Waals surface area contributed by atoms with E-state index >= 15 is 0 Å². The predicted molar refractivity (Wildman–Crippen MR) is 119 cm³/mol. The number of nitrogens with one attached hydrogen (secondary N) is 1. The van der Waals surface area contributed by atoms with Crippen molar-refractivity contribution in [1.29, 1.82) is 0 Å². The molecule has 30 heavy (non-hydrogen) atoms. The van der Waals surface area contributed by atoms with Crippen LogP contribution in [0.2, 0.25) is 5.02 Å². The minimum atomic E-state index is -1.02. The van der Waals surface area contributed by atoms with Crippen molar-refractivity contribution in [2.75, 3.05) is 13.1 Å². The van der Waals surface area contributed by atoms with Gasteiger partial charge < -0.3 is 15.3 Å². The van der Waals surface area contributed by atoms with Crippen LogP contribution in [0.1, 0.15) is 65.4 Å². The number of hydrogen-bond acceptors (Lipinski definition) is 3. The van der Waals surface area contributed by atoms with Gasteiger partial charge in [0.1, 0.15) is 0 Å². The Morgan fingerprint density at radius 2 is 1.80 bits per heavy atom. The maximum absolute atomic E-state index is 13.5. The van der Waals surface area contributed by atoms with Crippen molar-refractivity contribution in [2.24, 2.45) is 17.3 Å². The van der Waals surface area contributed by atoms with Crippen molar-refractivity contribution < 1.29 is 14.7 Å². The van der Waals surface area contributed by atoms with Gasteiger partial charge in [-0.05, 0) is 37.0 Å². The first-order valence-electron chi connectivity index (χ1n) is 11.1. The highest BCUT2D eigenvalue weighted by molar-refractivity contribution is 6.30. The Bertz CT molecular complexity index is 777. The van der Waals surface area contributed by atoms with E-state index in [0.717, 1.165) is 31.2 Å². The van der Waals surface area contributed by atoms with Crippen LogP contribution in [0.5, 0.6) is 0 Å². The van der Waals surface area contributed by atoms with Crippen LogP contribution in [0.3, 0.4) is 0 Å². The van der Waals surface area contributed by atoms with E-state index in [1.54, 1.807) is 12.1 Å². The molecule has 1 aliphatic heterocycles. The van der Waals surface area contributed by atoms with Crippen molar-refractivity contribution in [3.05, 3.63) is 34.9 Å². The Labute approximate surface area is 185 Å². The summed E-state index contributed by atoms with van der Waals surface area (Å²) in [5.74, 6) is -0.157. The molecule has 6 heteroatoms. The first-order chi connectivity index (χ1) is 14.0. The standard InChI is InChI=1S/C24H35ClN2O3/c1-16(2)21(28)26-20-8-6-5-7-19(20)22(29)27-14-13-24(30,23(3,4)15-27)17-9-11-18(25)12-10-17/h9-12,16,19-20,30H,5-8,13-15H2,1-4H3,(H,26,28)/t19-,20+,24-/m0/s1. The SMILES string of the molecule is CC(C)C(=O)N[C@@H]1CCCC[C@@H]1C(=O)N1CC[C@](O)(c2ccc(Cl)cc2)C(C)(C)C1. The van der Waals surface area contributed by atoms with Crippen molar-refractivity contribution in [1.82, 2.24) is 10.2 Å². The summed E-state index contributed by atoms with van der Waals surface area (Å²) >= 11 is 6.02. The molecule has 0 spiro atoms. The third-order valence-electron chi connectivity index (χ3n) is 7.02. The molecule has 2 N–H and O–H groups in total. The minimum Gasteiger partial charge on any atom is -0.384 e. The Morgan fingerprint density at radius 1 is 1.17 bits per heavy atom. The van der Waals surface area contributed by atoms with Gasteiger partial charge in [0.2, 0.25) is 11.8 Å². The molecule has 1 aromatic carbocycles. The van der Waals surface area contributed by atoms with E-state index in [0.29, 0.717) is 24.5 Å². The number of nitrogens with zero attached hydrogens (tertiary/aromatic N) is 1. The van der Waals surface area contributed by atoms with E-state index in [2.05, 4.69) is 5.32 Å². The van der Waals surface area contributed by atoms with Crippen molar-refractivity contribution in [2.45, 2.75) is 71.4 Å². The van der Waals surface area contributed by atoms with Crippen LogP contribution in [0.15, 0.2) is 24.3 Å². The number of benzene rings is 1. The summed E-state index contributed by atoms with van der Waals surface area (Å²) in [5, 5.41) is 15.3. The first-order valence-corrected chi connectivity index (χ1v) is 11.5. The lowest BCUT2D eigenvalue weighted by Crippen LogP contribution is -2.59. The topological polar surface area (TPSA) is 69.6 Å². The van der Waals surface area contributed by atoms with Crippen LogP contribution in [-0.4, -0.2) is 41.0 Å². The summed E-state index contributed by atoms with van der Waals surface area (Å²) in [6, 6.07) is 7.25. The second kappa shape index (κ2) is 8.88. The van der Waals surface area contributed by atoms with Crippen LogP contribution < -0.4 is 5.32 Å². The van der Waals surface area contributed by atoms with E-state index in [9.17, 15) is 14.7 Å². The third-order valence-corrected chi connectivity index (χ3v) is 7.27. The fourth-order valence-corrected chi connectivity index (χ4v) is 5.08. The molecule has 1 saturated heterocycles. The lowest BCUT2D eigenvalue weighted by atomic mass is 9.66. The van der Waals surface area contributed by atoms with E-state index in [1.165, 1.54) is 0 Å². The maximum atomic E-state index is 13.5. The largest absolute Gasteiger partial charge is 0.384 e. The molecule has 0 bridgehead atoms. The van der Waals surface area contributed by atoms with E-state index in [4.69, 9.17) is 11.6 Å². The fraction of sp³-hybridized carbons (Fsp3) is 0.667. The van der Waals surface area contributed by atoms with Gasteiger partial charge in [0, 0.05) is 35.5 Å². The van der Waals surface area contributed by atoms with Gasteiger partial charge in [-0.15, -0.1) is 0 Å². The molecule has 2 aliphatic rings. The highest BCUT2D eigenvalue weighted by Gasteiger charge is 2.50. The smallest absolute Gasteiger partial charge is 0.227 e. The van der Waals surface area contributed by atoms with Gasteiger partial charge in [-0.25, -0.2) is 0 Å². The summed E-state index contributed by atoms with van der Waals surface area (Å²) < 4.78 is 0. The number of amides is 2. The molecule has 2 amide bonds. The van der Waals surface area contributed by atoms with Gasteiger partial charge in [0.15, 0.2) is 0 Å². The molecule has 0 aromatic heterocycles. The lowest BCUT2D eigenvalue weighted by molar-refractivity contribution is -0.158. The van der Waals surface area contributed by atoms with E-state index in [-0.39, 0.29) is 29.7 Å². The number of carbonyl (C=O) groups is 2. The number of aliphatic hydroxyl groups is 1. The predicted octanol–water partition coefficient (Wildman–Crippen LogP) is 4.12. The lowest BCUT2D eigenvalue weighted by Gasteiger charge is -2.51. The molecular formula is C24H35ClN2O3. The highest BCUT2D eigenvalue weighted by atomic mass is 35.5. The molecule has 2 fully saturated rings. The molecule has 166 valence electrons. The van der Waals surface area contributed by atoms with Gasteiger partial charge in [-0.2, -0.15) is 0 Å². The van der Waals surface area contributed by atoms with Crippen molar-refractivity contribution >= 4 is 23.4 Å². The molecule has 3 rings (SSSR count). The Balaban J connectivity index is 1.75. The molecule has 1 heterocycles. The minimum absolute atomic E-state index is 0.00999. The summed E-state index contributed by atoms with van der Waals surface area (Å²) in [5.41, 5.74) is -0.699. The number of hydrogen-bond donors (Lipinski definition) is 2. The first kappa shape index (κ1) is 23.1. The van der Waals surface area contributed by atoms with Crippen molar-refractivity contribution in [3.63, 3.8) is 0 Å². The zero-order valence-electron chi connectivity index (χ0n) is 18.6. The Kier molecular flexibility index (Phi) is 6.83. The second-order valence-electron chi connectivity index (χ2n) is 9.92. The molecule has 0 unspecified atom stereocenters. The van der Waals surface area contributed by atoms with Crippen LogP contribution in [0.4, 0.5) is 0 Å². The molecule has 1 saturated carbocycles. The molecule has 1 aliphatic carbocycles. The van der Waals surface area contributed by atoms with Gasteiger partial charge in [0.05, 0.1) is 11.5 Å². The molecule has 3 atom stereocenters. The molecule has 5 nitrogen and oxygen atoms in total. The van der Waals surface area contributed by atoms with E-state index < -0.39 is 11.0 Å². The average Bonchev–Trinajstić information content (AvgIpc) is 2.70. The third kappa shape index (κ3) is 4.52. The summed E-state index contributed by atoms with van der Waals surface area (Å²) in [6.45, 7) is 8.76. The van der Waals surface area contributed by atoms with Crippen LogP contribution in [0, 0.1) is 17.3 Å². The van der Waals surface area contributed by atoms with Gasteiger partial charge in [-0.3, -0.25) is 9.59 Å². The van der Waals surface area contributed by atoms with Crippen LogP contribution in [0.25, 0.3) is 0 Å². The zero-order chi connectivity index (χ0) is 22.1. The average molecular weight is 435 g/mol. The normalized spacial score (nSPS) is 29.0. The number of likely N-dealkylation sites (tertiary alicyclic amines) is 1. The highest BCUT2D eigenvalue weighted by Crippen LogP contribution is 2.46. The van der Waals surface area contributed by atoms with Crippen molar-refractivity contribution in [3.8, 4) is 0 Å². The zero-order valence-corrected chi connectivity index (χ0v) is 19.3. The summed E-state index contributed by atoms with van der Waals surface area (Å²) in [4.78, 5) is 27.6. The second-order valence-corrected chi connectivity index (χ2v) is 10.4. The number of piperidine rings is 1. The van der Waals surface area contributed by atoms with Crippen LogP contribution >= 0.6 is 11.6 Å². The Morgan fingerprint density at radius 3 is 2.40 bits per heavy atom. The molecule has 1 aromatic rings. The summed E-state index contributed by atoms with van der Waals surface area (Å²) in [6.07, 6.45) is 4.18. The molecular weight excluding hydrogens is 400 g/mol. The molecule has 0 radical (unpaired) electrons. The fourth-order valence-electron chi connectivity index (χ4n) is 4.95. The van der Waals surface area contributed by atoms with Gasteiger partial charge >= 0.3 is 0 Å². The number of halogens is 1. The van der Waals surface area contributed by atoms with E-state index in [1.807, 2.05) is 44.7 Å². The monoisotopic (exact) mass is 434 g/mol. The number of rotatable bonds is 4. The summed E-state index contributed by atoms with van der Waals surface area (Å²) in [7, 11) is 0. The number of carbonyl (C=O) groups excluding carboxylic acids is 2. The van der Waals surface area contributed by atoms with Gasteiger partial charge in [-0.1, -0.05) is 64.3 Å².